The van der Waals surface area contributed by atoms with Crippen LogP contribution in [-0.4, -0.2) is 47.9 Å². The van der Waals surface area contributed by atoms with Gasteiger partial charge in [-0.05, 0) is 24.7 Å². The van der Waals surface area contributed by atoms with Gasteiger partial charge in [-0.1, -0.05) is 12.1 Å². The van der Waals surface area contributed by atoms with E-state index in [-0.39, 0.29) is 6.42 Å². The first kappa shape index (κ1) is 14.5. The van der Waals surface area contributed by atoms with Gasteiger partial charge in [0.05, 0.1) is 19.6 Å². The molecule has 5 nitrogen and oxygen atoms in total. The minimum Gasteiger partial charge on any atom is -0.497 e. The molecule has 100 valence electrons. The molecule has 5 heteroatoms. The van der Waals surface area contributed by atoms with E-state index in [0.29, 0.717) is 13.1 Å². The zero-order chi connectivity index (χ0) is 13.5. The summed E-state index contributed by atoms with van der Waals surface area (Å²) in [5.74, 6) is -0.187. The van der Waals surface area contributed by atoms with Gasteiger partial charge in [-0.15, -0.1) is 0 Å². The Balaban J connectivity index is 2.43. The smallest absolute Gasteiger partial charge is 0.306 e. The van der Waals surface area contributed by atoms with E-state index >= 15 is 0 Å². The van der Waals surface area contributed by atoms with E-state index in [2.05, 4.69) is 0 Å². The van der Waals surface area contributed by atoms with Crippen LogP contribution >= 0.6 is 0 Å². The van der Waals surface area contributed by atoms with Crippen LogP contribution in [0.5, 0.6) is 5.75 Å². The van der Waals surface area contributed by atoms with Crippen LogP contribution in [0, 0.1) is 0 Å². The van der Waals surface area contributed by atoms with Crippen LogP contribution in [0.2, 0.25) is 0 Å². The number of hydrogen-bond acceptors (Lipinski definition) is 4. The molecule has 18 heavy (non-hydrogen) atoms. The third kappa shape index (κ3) is 5.16. The highest BCUT2D eigenvalue weighted by Crippen LogP contribution is 2.12. The van der Waals surface area contributed by atoms with Gasteiger partial charge >= 0.3 is 5.97 Å². The Bertz CT molecular complexity index is 377. The van der Waals surface area contributed by atoms with Gasteiger partial charge in [-0.25, -0.2) is 0 Å². The molecule has 0 radical (unpaired) electrons. The first-order valence-corrected chi connectivity index (χ1v) is 5.72. The molecule has 0 fully saturated rings. The van der Waals surface area contributed by atoms with Gasteiger partial charge < -0.3 is 14.9 Å². The maximum atomic E-state index is 10.4. The third-order valence-electron chi connectivity index (χ3n) is 2.54. The molecule has 0 saturated carbocycles. The van der Waals surface area contributed by atoms with E-state index in [9.17, 15) is 9.90 Å². The fourth-order valence-electron chi connectivity index (χ4n) is 1.73. The summed E-state index contributed by atoms with van der Waals surface area (Å²) in [6, 6.07) is 7.63. The standard InChI is InChI=1S/C13H19NO4/c1-14(9-11(15)7-13(16)17)8-10-3-5-12(18-2)6-4-10/h3-6,11,15H,7-9H2,1-2H3,(H,16,17). The van der Waals surface area contributed by atoms with Crippen molar-refractivity contribution in [3.05, 3.63) is 29.8 Å². The van der Waals surface area contributed by atoms with Crippen molar-refractivity contribution in [1.82, 2.24) is 4.90 Å². The minimum absolute atomic E-state index is 0.229. The molecule has 0 aliphatic heterocycles. The fraction of sp³-hybridized carbons (Fsp3) is 0.462. The molecule has 1 rings (SSSR count). The Hall–Kier alpha value is -1.59. The minimum atomic E-state index is -0.986. The quantitative estimate of drug-likeness (QED) is 0.757. The Kier molecular flexibility index (Phi) is 5.61. The lowest BCUT2D eigenvalue weighted by Gasteiger charge is -2.19. The normalized spacial score (nSPS) is 12.4. The maximum absolute atomic E-state index is 10.4. The lowest BCUT2D eigenvalue weighted by atomic mass is 10.2. The Morgan fingerprint density at radius 1 is 1.39 bits per heavy atom. The largest absolute Gasteiger partial charge is 0.497 e. The fourth-order valence-corrected chi connectivity index (χ4v) is 1.73. The number of aliphatic hydroxyl groups is 1. The second kappa shape index (κ2) is 6.98. The van der Waals surface area contributed by atoms with Crippen molar-refractivity contribution in [1.29, 1.82) is 0 Å². The summed E-state index contributed by atoms with van der Waals surface area (Å²) in [5.41, 5.74) is 1.08. The predicted octanol–water partition coefficient (Wildman–Crippen LogP) is 0.963. The number of carboxylic acids is 1. The molecule has 0 bridgehead atoms. The zero-order valence-corrected chi connectivity index (χ0v) is 10.7. The summed E-state index contributed by atoms with van der Waals surface area (Å²) >= 11 is 0. The van der Waals surface area contributed by atoms with Gasteiger partial charge in [0.2, 0.25) is 0 Å². The summed E-state index contributed by atoms with van der Waals surface area (Å²) in [5, 5.41) is 18.1. The SMILES string of the molecule is COc1ccc(CN(C)CC(O)CC(=O)O)cc1. The molecule has 2 N–H and O–H groups in total. The number of benzene rings is 1. The first-order chi connectivity index (χ1) is 8.51. The number of aliphatic carboxylic acids is 1. The van der Waals surface area contributed by atoms with Crippen molar-refractivity contribution in [2.24, 2.45) is 0 Å². The summed E-state index contributed by atoms with van der Waals surface area (Å²) < 4.78 is 5.06. The number of nitrogens with zero attached hydrogens (tertiary/aromatic N) is 1. The molecular weight excluding hydrogens is 234 g/mol. The van der Waals surface area contributed by atoms with E-state index in [1.54, 1.807) is 7.11 Å². The van der Waals surface area contributed by atoms with E-state index < -0.39 is 12.1 Å². The summed E-state index contributed by atoms with van der Waals surface area (Å²) in [6.07, 6.45) is -1.07. The molecule has 0 aromatic heterocycles. The van der Waals surface area contributed by atoms with Gasteiger partial charge in [0.25, 0.3) is 0 Å². The Morgan fingerprint density at radius 3 is 2.50 bits per heavy atom. The van der Waals surface area contributed by atoms with Crippen LogP contribution in [-0.2, 0) is 11.3 Å². The Morgan fingerprint density at radius 2 is 2.00 bits per heavy atom. The highest BCUT2D eigenvalue weighted by atomic mass is 16.5. The van der Waals surface area contributed by atoms with Crippen molar-refractivity contribution in [2.75, 3.05) is 20.7 Å². The summed E-state index contributed by atoms with van der Waals surface area (Å²) in [6.45, 7) is 0.985. The molecule has 0 spiro atoms. The van der Waals surface area contributed by atoms with Crippen LogP contribution in [0.1, 0.15) is 12.0 Å². The predicted molar refractivity (Wildman–Crippen MR) is 67.6 cm³/mol. The lowest BCUT2D eigenvalue weighted by molar-refractivity contribution is -0.139. The van der Waals surface area contributed by atoms with Crippen molar-refractivity contribution < 1.29 is 19.7 Å². The molecule has 0 saturated heterocycles. The topological polar surface area (TPSA) is 70.0 Å². The number of ether oxygens (including phenoxy) is 1. The highest BCUT2D eigenvalue weighted by Gasteiger charge is 2.12. The van der Waals surface area contributed by atoms with E-state index in [0.717, 1.165) is 11.3 Å². The van der Waals surface area contributed by atoms with E-state index in [1.165, 1.54) is 0 Å². The number of carbonyl (C=O) groups is 1. The lowest BCUT2D eigenvalue weighted by Crippen LogP contribution is -2.30. The van der Waals surface area contributed by atoms with E-state index in [4.69, 9.17) is 9.84 Å². The average molecular weight is 253 g/mol. The van der Waals surface area contributed by atoms with Gasteiger partial charge in [0.1, 0.15) is 5.75 Å². The van der Waals surface area contributed by atoms with E-state index in [1.807, 2.05) is 36.2 Å². The molecule has 1 aromatic carbocycles. The van der Waals surface area contributed by atoms with Crippen LogP contribution in [0.3, 0.4) is 0 Å². The Labute approximate surface area is 107 Å². The highest BCUT2D eigenvalue weighted by molar-refractivity contribution is 5.67. The van der Waals surface area contributed by atoms with Gasteiger partial charge in [0.15, 0.2) is 0 Å². The van der Waals surface area contributed by atoms with Crippen LogP contribution in [0.25, 0.3) is 0 Å². The molecule has 1 atom stereocenters. The average Bonchev–Trinajstić information content (AvgIpc) is 2.28. The first-order valence-electron chi connectivity index (χ1n) is 5.72. The van der Waals surface area contributed by atoms with Crippen molar-refractivity contribution >= 4 is 5.97 Å². The molecule has 0 heterocycles. The molecule has 0 amide bonds. The van der Waals surface area contributed by atoms with Gasteiger partial charge in [-0.2, -0.15) is 0 Å². The summed E-state index contributed by atoms with van der Waals surface area (Å²) in [4.78, 5) is 12.3. The van der Waals surface area contributed by atoms with Gasteiger partial charge in [-0.3, -0.25) is 9.69 Å². The number of methoxy groups -OCH3 is 1. The van der Waals surface area contributed by atoms with Gasteiger partial charge in [0, 0.05) is 13.1 Å². The second-order valence-corrected chi connectivity index (χ2v) is 4.30. The third-order valence-corrected chi connectivity index (χ3v) is 2.54. The van der Waals surface area contributed by atoms with Crippen LogP contribution in [0.4, 0.5) is 0 Å². The molecule has 0 aliphatic rings. The molecule has 0 aliphatic carbocycles. The number of aliphatic hydroxyl groups excluding tert-OH is 1. The zero-order valence-electron chi connectivity index (χ0n) is 10.7. The van der Waals surface area contributed by atoms with Crippen molar-refractivity contribution in [2.45, 2.75) is 19.1 Å². The van der Waals surface area contributed by atoms with Crippen LogP contribution < -0.4 is 4.74 Å². The number of carboxylic acid groups (broad SMARTS) is 1. The maximum Gasteiger partial charge on any atom is 0.306 e. The molecule has 1 aromatic rings. The monoisotopic (exact) mass is 253 g/mol. The number of likely N-dealkylation sites (N-methyl/N-ethyl adjacent to an activating group) is 1. The number of hydrogen-bond donors (Lipinski definition) is 2. The van der Waals surface area contributed by atoms with Crippen molar-refractivity contribution in [3.8, 4) is 5.75 Å². The second-order valence-electron chi connectivity index (χ2n) is 4.30. The van der Waals surface area contributed by atoms with Crippen LogP contribution in [0.15, 0.2) is 24.3 Å². The molecule has 1 unspecified atom stereocenters. The summed E-state index contributed by atoms with van der Waals surface area (Å²) in [7, 11) is 3.46. The number of rotatable bonds is 7. The molecular formula is C13H19NO4. The van der Waals surface area contributed by atoms with Crippen molar-refractivity contribution in [3.63, 3.8) is 0 Å².